The highest BCUT2D eigenvalue weighted by molar-refractivity contribution is 7.98. The number of halogens is 1. The van der Waals surface area contributed by atoms with Gasteiger partial charge < -0.3 is 5.32 Å². The molecule has 1 aromatic heterocycles. The van der Waals surface area contributed by atoms with Crippen LogP contribution in [0.3, 0.4) is 0 Å². The van der Waals surface area contributed by atoms with Crippen LogP contribution in [0.15, 0.2) is 29.2 Å². The van der Waals surface area contributed by atoms with Crippen molar-refractivity contribution in [2.75, 3.05) is 11.9 Å². The van der Waals surface area contributed by atoms with E-state index in [9.17, 15) is 0 Å². The largest absolute Gasteiger partial charge is 0.374 e. The molecule has 1 N–H and O–H groups in total. The summed E-state index contributed by atoms with van der Waals surface area (Å²) in [6.45, 7) is 2.94. The van der Waals surface area contributed by atoms with Crippen molar-refractivity contribution in [2.45, 2.75) is 17.6 Å². The third-order valence-electron chi connectivity index (χ3n) is 2.09. The molecule has 1 heterocycles. The van der Waals surface area contributed by atoms with Gasteiger partial charge in [0.15, 0.2) is 0 Å². The Bertz CT molecular complexity index is 487. The van der Waals surface area contributed by atoms with E-state index >= 15 is 0 Å². The highest BCUT2D eigenvalue weighted by Crippen LogP contribution is 2.31. The Hall–Kier alpha value is -0.780. The quantitative estimate of drug-likeness (QED) is 0.845. The molecule has 17 heavy (non-hydrogen) atoms. The molecule has 0 aliphatic heterocycles. The monoisotopic (exact) mass is 285 g/mol. The zero-order chi connectivity index (χ0) is 12.1. The van der Waals surface area contributed by atoms with Gasteiger partial charge in [-0.05, 0) is 19.1 Å². The van der Waals surface area contributed by atoms with Gasteiger partial charge in [-0.25, -0.2) is 0 Å². The van der Waals surface area contributed by atoms with Gasteiger partial charge in [0.1, 0.15) is 10.7 Å². The summed E-state index contributed by atoms with van der Waals surface area (Å²) in [6.07, 6.45) is 0. The van der Waals surface area contributed by atoms with E-state index in [1.165, 1.54) is 11.5 Å². The SMILES string of the molecule is CCNc1snnc1CSc1ccccc1Cl. The van der Waals surface area contributed by atoms with Gasteiger partial charge in [0, 0.05) is 28.7 Å². The van der Waals surface area contributed by atoms with Crippen LogP contribution in [0.2, 0.25) is 5.02 Å². The molecule has 0 saturated heterocycles. The Morgan fingerprint density at radius 2 is 2.24 bits per heavy atom. The molecule has 0 aliphatic rings. The zero-order valence-electron chi connectivity index (χ0n) is 9.31. The summed E-state index contributed by atoms with van der Waals surface area (Å²) in [4.78, 5) is 1.07. The fraction of sp³-hybridized carbons (Fsp3) is 0.273. The Kier molecular flexibility index (Phi) is 4.65. The normalized spacial score (nSPS) is 10.5. The molecule has 0 spiro atoms. The smallest absolute Gasteiger partial charge is 0.134 e. The van der Waals surface area contributed by atoms with Gasteiger partial charge in [-0.1, -0.05) is 28.2 Å². The number of nitrogens with one attached hydrogen (secondary N) is 1. The van der Waals surface area contributed by atoms with Gasteiger partial charge in [-0.3, -0.25) is 0 Å². The molecule has 6 heteroatoms. The molecule has 0 radical (unpaired) electrons. The van der Waals surface area contributed by atoms with Crippen LogP contribution in [0, 0.1) is 0 Å². The van der Waals surface area contributed by atoms with E-state index in [1.807, 2.05) is 24.3 Å². The first-order valence-corrected chi connectivity index (χ1v) is 7.37. The van der Waals surface area contributed by atoms with E-state index in [4.69, 9.17) is 11.6 Å². The Labute approximate surface area is 114 Å². The first-order valence-electron chi connectivity index (χ1n) is 5.23. The van der Waals surface area contributed by atoms with Crippen LogP contribution in [0.1, 0.15) is 12.6 Å². The number of rotatable bonds is 5. The minimum atomic E-state index is 0.780. The summed E-state index contributed by atoms with van der Waals surface area (Å²) >= 11 is 9.17. The molecule has 0 saturated carbocycles. The average molecular weight is 286 g/mol. The van der Waals surface area contributed by atoms with Gasteiger partial charge in [0.2, 0.25) is 0 Å². The van der Waals surface area contributed by atoms with Crippen molar-refractivity contribution in [1.82, 2.24) is 9.59 Å². The number of benzene rings is 1. The van der Waals surface area contributed by atoms with Gasteiger partial charge in [0.25, 0.3) is 0 Å². The highest BCUT2D eigenvalue weighted by atomic mass is 35.5. The van der Waals surface area contributed by atoms with Crippen LogP contribution in [-0.2, 0) is 5.75 Å². The molecule has 0 aliphatic carbocycles. The zero-order valence-corrected chi connectivity index (χ0v) is 11.7. The lowest BCUT2D eigenvalue weighted by Gasteiger charge is -2.04. The topological polar surface area (TPSA) is 37.8 Å². The fourth-order valence-corrected chi connectivity index (χ4v) is 3.22. The predicted octanol–water partition coefficient (Wildman–Crippen LogP) is 3.92. The molecular weight excluding hydrogens is 274 g/mol. The van der Waals surface area contributed by atoms with Crippen LogP contribution in [0.25, 0.3) is 0 Å². The number of anilines is 1. The second kappa shape index (κ2) is 6.23. The number of nitrogens with zero attached hydrogens (tertiary/aromatic N) is 2. The lowest BCUT2D eigenvalue weighted by Crippen LogP contribution is -1.97. The van der Waals surface area contributed by atoms with Gasteiger partial charge in [0.05, 0.1) is 5.02 Å². The van der Waals surface area contributed by atoms with Crippen LogP contribution in [0.4, 0.5) is 5.00 Å². The van der Waals surface area contributed by atoms with Gasteiger partial charge in [-0.2, -0.15) is 0 Å². The second-order valence-corrected chi connectivity index (χ2v) is 5.48. The summed E-state index contributed by atoms with van der Waals surface area (Å²) in [5.74, 6) is 0.780. The van der Waals surface area contributed by atoms with Crippen molar-refractivity contribution in [2.24, 2.45) is 0 Å². The van der Waals surface area contributed by atoms with Crippen LogP contribution >= 0.6 is 34.9 Å². The molecule has 0 atom stereocenters. The lowest BCUT2D eigenvalue weighted by molar-refractivity contribution is 1.07. The van der Waals surface area contributed by atoms with Crippen LogP contribution < -0.4 is 5.32 Å². The Morgan fingerprint density at radius 1 is 1.41 bits per heavy atom. The van der Waals surface area contributed by atoms with Crippen molar-refractivity contribution in [3.8, 4) is 0 Å². The van der Waals surface area contributed by atoms with Crippen LogP contribution in [0.5, 0.6) is 0 Å². The maximum atomic E-state index is 6.10. The van der Waals surface area contributed by atoms with E-state index in [0.29, 0.717) is 0 Å². The van der Waals surface area contributed by atoms with E-state index in [0.717, 1.165) is 32.9 Å². The van der Waals surface area contributed by atoms with Crippen molar-refractivity contribution in [3.63, 3.8) is 0 Å². The number of hydrogen-bond acceptors (Lipinski definition) is 5. The van der Waals surface area contributed by atoms with Crippen molar-refractivity contribution < 1.29 is 0 Å². The first-order chi connectivity index (χ1) is 8.31. The fourth-order valence-electron chi connectivity index (χ4n) is 1.31. The van der Waals surface area contributed by atoms with Crippen molar-refractivity contribution >= 4 is 39.9 Å². The molecular formula is C11H12ClN3S2. The third-order valence-corrected chi connectivity index (χ3v) is 4.35. The Balaban J connectivity index is 2.02. The van der Waals surface area contributed by atoms with Gasteiger partial charge in [-0.15, -0.1) is 16.9 Å². The lowest BCUT2D eigenvalue weighted by atomic mass is 10.4. The van der Waals surface area contributed by atoms with E-state index < -0.39 is 0 Å². The maximum Gasteiger partial charge on any atom is 0.134 e. The molecule has 1 aromatic carbocycles. The first kappa shape index (κ1) is 12.7. The minimum absolute atomic E-state index is 0.780. The molecule has 0 unspecified atom stereocenters. The predicted molar refractivity (Wildman–Crippen MR) is 75.1 cm³/mol. The Morgan fingerprint density at radius 3 is 3.00 bits per heavy atom. The second-order valence-electron chi connectivity index (χ2n) is 3.30. The molecule has 2 aromatic rings. The molecule has 2 rings (SSSR count). The maximum absolute atomic E-state index is 6.10. The standard InChI is InChI=1S/C11H12ClN3S2/c1-2-13-11-9(14-15-17-11)7-16-10-6-4-3-5-8(10)12/h3-6,13H,2,7H2,1H3. The highest BCUT2D eigenvalue weighted by Gasteiger charge is 2.08. The van der Waals surface area contributed by atoms with E-state index in [1.54, 1.807) is 11.8 Å². The average Bonchev–Trinajstić information content (AvgIpc) is 2.76. The molecule has 0 amide bonds. The van der Waals surface area contributed by atoms with Gasteiger partial charge >= 0.3 is 0 Å². The summed E-state index contributed by atoms with van der Waals surface area (Å²) in [7, 11) is 0. The summed E-state index contributed by atoms with van der Waals surface area (Å²) in [6, 6.07) is 7.83. The summed E-state index contributed by atoms with van der Waals surface area (Å²) < 4.78 is 3.96. The molecule has 0 fully saturated rings. The van der Waals surface area contributed by atoms with Crippen molar-refractivity contribution in [3.05, 3.63) is 35.0 Å². The molecule has 0 bridgehead atoms. The number of hydrogen-bond donors (Lipinski definition) is 1. The third kappa shape index (κ3) is 3.34. The number of aromatic nitrogens is 2. The molecule has 90 valence electrons. The summed E-state index contributed by atoms with van der Waals surface area (Å²) in [5.41, 5.74) is 0.988. The minimum Gasteiger partial charge on any atom is -0.374 e. The molecule has 3 nitrogen and oxygen atoms in total. The number of thioether (sulfide) groups is 1. The van der Waals surface area contributed by atoms with E-state index in [-0.39, 0.29) is 0 Å². The van der Waals surface area contributed by atoms with E-state index in [2.05, 4.69) is 21.8 Å². The summed E-state index contributed by atoms with van der Waals surface area (Å²) in [5, 5.41) is 9.21. The van der Waals surface area contributed by atoms with Crippen molar-refractivity contribution in [1.29, 1.82) is 0 Å². The van der Waals surface area contributed by atoms with Crippen LogP contribution in [-0.4, -0.2) is 16.1 Å².